The standard InChI is InChI=1S/C12H7ClN2O2/c1-17-12(16)10-5-9(13)8-4-2-3-7(6-14)11(8)15-10/h2-5H,1H3. The molecule has 5 heteroatoms. The van der Waals surface area contributed by atoms with Crippen LogP contribution in [-0.2, 0) is 4.74 Å². The number of rotatable bonds is 1. The molecule has 0 unspecified atom stereocenters. The number of carbonyl (C=O) groups excluding carboxylic acids is 1. The Morgan fingerprint density at radius 3 is 2.94 bits per heavy atom. The van der Waals surface area contributed by atoms with Crippen LogP contribution in [-0.4, -0.2) is 18.1 Å². The summed E-state index contributed by atoms with van der Waals surface area (Å²) in [5, 5.41) is 9.97. The molecule has 0 spiro atoms. The molecule has 17 heavy (non-hydrogen) atoms. The summed E-state index contributed by atoms with van der Waals surface area (Å²) in [6, 6.07) is 8.51. The van der Waals surface area contributed by atoms with E-state index in [1.54, 1.807) is 18.2 Å². The number of nitrogens with zero attached hydrogens (tertiary/aromatic N) is 2. The number of nitriles is 1. The summed E-state index contributed by atoms with van der Waals surface area (Å²) in [6.45, 7) is 0. The molecule has 0 bridgehead atoms. The molecule has 0 saturated heterocycles. The van der Waals surface area contributed by atoms with E-state index in [2.05, 4.69) is 9.72 Å². The first-order valence-electron chi connectivity index (χ1n) is 4.75. The summed E-state index contributed by atoms with van der Waals surface area (Å²) in [5.41, 5.74) is 0.866. The lowest BCUT2D eigenvalue weighted by atomic mass is 10.1. The van der Waals surface area contributed by atoms with Gasteiger partial charge in [0, 0.05) is 5.39 Å². The van der Waals surface area contributed by atoms with Crippen molar-refractivity contribution in [1.29, 1.82) is 5.26 Å². The van der Waals surface area contributed by atoms with Crippen molar-refractivity contribution < 1.29 is 9.53 Å². The number of fused-ring (bicyclic) bond motifs is 1. The Morgan fingerprint density at radius 1 is 1.53 bits per heavy atom. The van der Waals surface area contributed by atoms with E-state index in [1.165, 1.54) is 13.2 Å². The quantitative estimate of drug-likeness (QED) is 0.726. The van der Waals surface area contributed by atoms with E-state index in [0.29, 0.717) is 21.5 Å². The third-order valence-corrected chi connectivity index (χ3v) is 2.62. The fourth-order valence-electron chi connectivity index (χ4n) is 1.51. The van der Waals surface area contributed by atoms with Crippen molar-refractivity contribution in [3.05, 3.63) is 40.5 Å². The summed E-state index contributed by atoms with van der Waals surface area (Å²) in [5.74, 6) is -0.582. The summed E-state index contributed by atoms with van der Waals surface area (Å²) >= 11 is 6.03. The van der Waals surface area contributed by atoms with Crippen molar-refractivity contribution in [2.24, 2.45) is 0 Å². The van der Waals surface area contributed by atoms with Gasteiger partial charge in [0.15, 0.2) is 5.69 Å². The van der Waals surface area contributed by atoms with Crippen molar-refractivity contribution in [3.63, 3.8) is 0 Å². The van der Waals surface area contributed by atoms with Gasteiger partial charge in [0.25, 0.3) is 0 Å². The molecule has 2 aromatic rings. The van der Waals surface area contributed by atoms with Gasteiger partial charge in [-0.3, -0.25) is 0 Å². The van der Waals surface area contributed by atoms with Crippen LogP contribution < -0.4 is 0 Å². The lowest BCUT2D eigenvalue weighted by molar-refractivity contribution is 0.0594. The minimum Gasteiger partial charge on any atom is -0.464 e. The fourth-order valence-corrected chi connectivity index (χ4v) is 1.76. The molecule has 0 aliphatic heterocycles. The van der Waals surface area contributed by atoms with Crippen molar-refractivity contribution >= 4 is 28.5 Å². The number of para-hydroxylation sites is 1. The lowest BCUT2D eigenvalue weighted by Gasteiger charge is -2.04. The third-order valence-electron chi connectivity index (χ3n) is 2.30. The van der Waals surface area contributed by atoms with E-state index in [4.69, 9.17) is 16.9 Å². The van der Waals surface area contributed by atoms with Crippen LogP contribution in [0.2, 0.25) is 5.02 Å². The largest absolute Gasteiger partial charge is 0.464 e. The molecule has 1 aromatic carbocycles. The predicted octanol–water partition coefficient (Wildman–Crippen LogP) is 2.55. The van der Waals surface area contributed by atoms with Crippen molar-refractivity contribution in [2.75, 3.05) is 7.11 Å². The number of ether oxygens (including phenoxy) is 1. The zero-order valence-electron chi connectivity index (χ0n) is 8.90. The van der Waals surface area contributed by atoms with Gasteiger partial charge in [0.05, 0.1) is 23.2 Å². The first-order valence-corrected chi connectivity index (χ1v) is 5.13. The smallest absolute Gasteiger partial charge is 0.356 e. The molecule has 1 heterocycles. The van der Waals surface area contributed by atoms with Crippen molar-refractivity contribution in [3.8, 4) is 6.07 Å². The van der Waals surface area contributed by atoms with Gasteiger partial charge in [0.1, 0.15) is 6.07 Å². The Balaban J connectivity index is 2.80. The van der Waals surface area contributed by atoms with Crippen LogP contribution in [0.1, 0.15) is 16.1 Å². The maximum atomic E-state index is 11.4. The normalized spacial score (nSPS) is 9.94. The summed E-state index contributed by atoms with van der Waals surface area (Å²) in [7, 11) is 1.26. The molecule has 0 aliphatic rings. The highest BCUT2D eigenvalue weighted by atomic mass is 35.5. The maximum absolute atomic E-state index is 11.4. The zero-order valence-corrected chi connectivity index (χ0v) is 9.65. The second kappa shape index (κ2) is 4.40. The monoisotopic (exact) mass is 246 g/mol. The summed E-state index contributed by atoms with van der Waals surface area (Å²) in [4.78, 5) is 15.5. The van der Waals surface area contributed by atoms with E-state index in [1.807, 2.05) is 6.07 Å². The van der Waals surface area contributed by atoms with Gasteiger partial charge in [0.2, 0.25) is 0 Å². The highest BCUT2D eigenvalue weighted by Crippen LogP contribution is 2.25. The second-order valence-electron chi connectivity index (χ2n) is 3.29. The number of hydrogen-bond acceptors (Lipinski definition) is 4. The Hall–Kier alpha value is -2.12. The van der Waals surface area contributed by atoms with Crippen LogP contribution in [0.5, 0.6) is 0 Å². The van der Waals surface area contributed by atoms with Crippen LogP contribution in [0.15, 0.2) is 24.3 Å². The van der Waals surface area contributed by atoms with Gasteiger partial charge in [-0.15, -0.1) is 0 Å². The molecule has 2 rings (SSSR count). The van der Waals surface area contributed by atoms with E-state index in [-0.39, 0.29) is 5.69 Å². The summed E-state index contributed by atoms with van der Waals surface area (Å²) in [6.07, 6.45) is 0. The van der Waals surface area contributed by atoms with Gasteiger partial charge < -0.3 is 4.74 Å². The number of esters is 1. The second-order valence-corrected chi connectivity index (χ2v) is 3.70. The number of halogens is 1. The minimum absolute atomic E-state index is 0.0905. The van der Waals surface area contributed by atoms with Crippen LogP contribution in [0, 0.1) is 11.3 Å². The van der Waals surface area contributed by atoms with Gasteiger partial charge in [-0.2, -0.15) is 5.26 Å². The van der Waals surface area contributed by atoms with E-state index in [9.17, 15) is 4.79 Å². The highest BCUT2D eigenvalue weighted by molar-refractivity contribution is 6.35. The van der Waals surface area contributed by atoms with Crippen LogP contribution in [0.25, 0.3) is 10.9 Å². The predicted molar refractivity (Wildman–Crippen MR) is 62.8 cm³/mol. The zero-order chi connectivity index (χ0) is 12.4. The molecule has 4 nitrogen and oxygen atoms in total. The molecule has 0 saturated carbocycles. The molecule has 0 radical (unpaired) electrons. The average molecular weight is 247 g/mol. The van der Waals surface area contributed by atoms with E-state index >= 15 is 0 Å². The number of pyridine rings is 1. The van der Waals surface area contributed by atoms with Gasteiger partial charge in [-0.1, -0.05) is 23.7 Å². The van der Waals surface area contributed by atoms with Crippen molar-refractivity contribution in [2.45, 2.75) is 0 Å². The molecule has 0 N–H and O–H groups in total. The van der Waals surface area contributed by atoms with Crippen LogP contribution >= 0.6 is 11.6 Å². The lowest BCUT2D eigenvalue weighted by Crippen LogP contribution is -2.04. The van der Waals surface area contributed by atoms with Crippen molar-refractivity contribution in [1.82, 2.24) is 4.98 Å². The number of methoxy groups -OCH3 is 1. The van der Waals surface area contributed by atoms with Gasteiger partial charge in [-0.25, -0.2) is 9.78 Å². The average Bonchev–Trinajstić information content (AvgIpc) is 2.37. The first-order chi connectivity index (χ1) is 8.17. The molecule has 0 fully saturated rings. The Bertz CT molecular complexity index is 647. The molecule has 0 amide bonds. The molecular weight excluding hydrogens is 240 g/mol. The molecular formula is C12H7ClN2O2. The third kappa shape index (κ3) is 1.93. The number of carbonyl (C=O) groups is 1. The van der Waals surface area contributed by atoms with E-state index < -0.39 is 5.97 Å². The number of aromatic nitrogens is 1. The number of benzene rings is 1. The Kier molecular flexibility index (Phi) is 2.94. The topological polar surface area (TPSA) is 63.0 Å². The molecule has 0 aliphatic carbocycles. The van der Waals surface area contributed by atoms with E-state index in [0.717, 1.165) is 0 Å². The number of hydrogen-bond donors (Lipinski definition) is 0. The molecule has 0 atom stereocenters. The minimum atomic E-state index is -0.582. The Morgan fingerprint density at radius 2 is 2.29 bits per heavy atom. The molecule has 1 aromatic heterocycles. The van der Waals surface area contributed by atoms with Gasteiger partial charge >= 0.3 is 5.97 Å². The first kappa shape index (κ1) is 11.4. The van der Waals surface area contributed by atoms with Crippen LogP contribution in [0.3, 0.4) is 0 Å². The maximum Gasteiger partial charge on any atom is 0.356 e. The summed E-state index contributed by atoms with van der Waals surface area (Å²) < 4.78 is 4.57. The Labute approximate surface area is 102 Å². The fraction of sp³-hybridized carbons (Fsp3) is 0.0833. The highest BCUT2D eigenvalue weighted by Gasteiger charge is 2.13. The SMILES string of the molecule is COC(=O)c1cc(Cl)c2cccc(C#N)c2n1. The van der Waals surface area contributed by atoms with Gasteiger partial charge in [-0.05, 0) is 12.1 Å². The van der Waals surface area contributed by atoms with Crippen LogP contribution in [0.4, 0.5) is 0 Å². The molecule has 84 valence electrons.